The van der Waals surface area contributed by atoms with Gasteiger partial charge in [0.15, 0.2) is 11.0 Å². The molecular weight excluding hydrogens is 236 g/mol. The second kappa shape index (κ2) is 3.75. The predicted molar refractivity (Wildman–Crippen MR) is 67.8 cm³/mol. The largest absolute Gasteiger partial charge is 0.385 e. The fourth-order valence-electron chi connectivity index (χ4n) is 1.79. The quantitative estimate of drug-likeness (QED) is 0.716. The average molecular weight is 245 g/mol. The number of nitrogen functional groups attached to an aromatic ring is 1. The van der Waals surface area contributed by atoms with Crippen molar-refractivity contribution < 1.29 is 0 Å². The first-order valence-electron chi connectivity index (χ1n) is 5.11. The maximum atomic E-state index is 6.08. The maximum absolute atomic E-state index is 6.08. The highest BCUT2D eigenvalue weighted by molar-refractivity contribution is 6.33. The third-order valence-electron chi connectivity index (χ3n) is 2.54. The molecule has 5 heteroatoms. The molecule has 0 saturated heterocycles. The molecule has 0 saturated carbocycles. The van der Waals surface area contributed by atoms with Gasteiger partial charge in [0.25, 0.3) is 0 Å². The van der Waals surface area contributed by atoms with Gasteiger partial charge < -0.3 is 5.73 Å². The molecule has 0 amide bonds. The summed E-state index contributed by atoms with van der Waals surface area (Å²) in [6.07, 6.45) is 1.71. The van der Waals surface area contributed by atoms with Crippen molar-refractivity contribution in [3.8, 4) is 11.5 Å². The molecule has 3 aromatic rings. The Morgan fingerprint density at radius 3 is 2.76 bits per heavy atom. The van der Waals surface area contributed by atoms with Gasteiger partial charge in [0.2, 0.25) is 0 Å². The normalized spacial score (nSPS) is 10.9. The molecule has 0 radical (unpaired) electrons. The van der Waals surface area contributed by atoms with E-state index in [2.05, 4.69) is 9.97 Å². The van der Waals surface area contributed by atoms with Crippen LogP contribution in [-0.2, 0) is 0 Å². The Hall–Kier alpha value is -2.07. The van der Waals surface area contributed by atoms with Gasteiger partial charge in [0.1, 0.15) is 11.5 Å². The Kier molecular flexibility index (Phi) is 2.23. The van der Waals surface area contributed by atoms with E-state index in [-0.39, 0.29) is 0 Å². The van der Waals surface area contributed by atoms with Crippen molar-refractivity contribution >= 4 is 22.9 Å². The lowest BCUT2D eigenvalue weighted by atomic mass is 10.3. The monoisotopic (exact) mass is 244 g/mol. The van der Waals surface area contributed by atoms with Crippen LogP contribution >= 0.6 is 11.6 Å². The van der Waals surface area contributed by atoms with Crippen LogP contribution in [0.3, 0.4) is 0 Å². The van der Waals surface area contributed by atoms with Gasteiger partial charge in [-0.3, -0.25) is 9.38 Å². The zero-order valence-electron chi connectivity index (χ0n) is 8.84. The lowest BCUT2D eigenvalue weighted by molar-refractivity contribution is 1.14. The van der Waals surface area contributed by atoms with E-state index in [1.807, 2.05) is 30.3 Å². The molecule has 0 unspecified atom stereocenters. The summed E-state index contributed by atoms with van der Waals surface area (Å²) in [5, 5.41) is 0.429. The molecule has 17 heavy (non-hydrogen) atoms. The molecule has 0 aliphatic heterocycles. The lowest BCUT2D eigenvalue weighted by Crippen LogP contribution is -1.98. The van der Waals surface area contributed by atoms with Crippen LogP contribution in [0.4, 0.5) is 5.82 Å². The number of rotatable bonds is 1. The molecule has 3 heterocycles. The molecule has 84 valence electrons. The summed E-state index contributed by atoms with van der Waals surface area (Å²) in [6.45, 7) is 0. The first-order valence-corrected chi connectivity index (χ1v) is 5.49. The fourth-order valence-corrected chi connectivity index (χ4v) is 2.02. The van der Waals surface area contributed by atoms with Crippen LogP contribution in [0.25, 0.3) is 17.0 Å². The molecule has 0 aliphatic carbocycles. The van der Waals surface area contributed by atoms with E-state index in [0.717, 1.165) is 11.2 Å². The van der Waals surface area contributed by atoms with Gasteiger partial charge >= 0.3 is 0 Å². The fraction of sp³-hybridized carbons (Fsp3) is 0. The summed E-state index contributed by atoms with van der Waals surface area (Å²) in [5.41, 5.74) is 7.47. The second-order valence-electron chi connectivity index (χ2n) is 3.61. The predicted octanol–water partition coefficient (Wildman–Crippen LogP) is 2.63. The van der Waals surface area contributed by atoms with Gasteiger partial charge in [-0.05, 0) is 24.3 Å². The van der Waals surface area contributed by atoms with Crippen LogP contribution in [0, 0.1) is 0 Å². The van der Waals surface area contributed by atoms with Crippen molar-refractivity contribution in [2.24, 2.45) is 0 Å². The minimum atomic E-state index is 0.429. The number of nitrogens with two attached hydrogens (primary N) is 1. The molecule has 3 rings (SSSR count). The minimum Gasteiger partial charge on any atom is -0.385 e. The highest BCUT2D eigenvalue weighted by atomic mass is 35.5. The number of anilines is 1. The van der Waals surface area contributed by atoms with E-state index in [0.29, 0.717) is 16.8 Å². The third-order valence-corrected chi connectivity index (χ3v) is 2.82. The standard InChI is InChI=1S/C12H9ClN4/c13-11-9-5-3-6-10(14)17(9)12(16-11)8-4-1-2-7-15-8/h1-7H,14H2. The molecule has 0 aromatic carbocycles. The van der Waals surface area contributed by atoms with Gasteiger partial charge in [-0.2, -0.15) is 0 Å². The number of nitrogens with zero attached hydrogens (tertiary/aromatic N) is 3. The highest BCUT2D eigenvalue weighted by Crippen LogP contribution is 2.26. The SMILES string of the molecule is Nc1cccc2c(Cl)nc(-c3ccccn3)n12. The maximum Gasteiger partial charge on any atom is 0.166 e. The van der Waals surface area contributed by atoms with Crippen LogP contribution in [0.1, 0.15) is 0 Å². The van der Waals surface area contributed by atoms with Crippen LogP contribution < -0.4 is 5.73 Å². The van der Waals surface area contributed by atoms with Crippen molar-refractivity contribution in [2.45, 2.75) is 0 Å². The first-order chi connectivity index (χ1) is 8.27. The Balaban J connectivity index is 2.38. The third kappa shape index (κ3) is 1.54. The minimum absolute atomic E-state index is 0.429. The topological polar surface area (TPSA) is 56.2 Å². The number of hydrogen-bond donors (Lipinski definition) is 1. The molecule has 0 bridgehead atoms. The Morgan fingerprint density at radius 2 is 2.00 bits per heavy atom. The number of hydrogen-bond acceptors (Lipinski definition) is 3. The highest BCUT2D eigenvalue weighted by Gasteiger charge is 2.13. The Labute approximate surface area is 103 Å². The smallest absolute Gasteiger partial charge is 0.166 e. The van der Waals surface area contributed by atoms with Crippen molar-refractivity contribution in [1.82, 2.24) is 14.4 Å². The van der Waals surface area contributed by atoms with E-state index >= 15 is 0 Å². The van der Waals surface area contributed by atoms with Crippen LogP contribution in [-0.4, -0.2) is 14.4 Å². The molecule has 0 aliphatic rings. The molecule has 0 atom stereocenters. The van der Waals surface area contributed by atoms with E-state index in [4.69, 9.17) is 17.3 Å². The van der Waals surface area contributed by atoms with Gasteiger partial charge in [0.05, 0.1) is 5.52 Å². The van der Waals surface area contributed by atoms with E-state index in [1.54, 1.807) is 16.7 Å². The number of fused-ring (bicyclic) bond motifs is 1. The van der Waals surface area contributed by atoms with Crippen LogP contribution in [0.2, 0.25) is 5.15 Å². The van der Waals surface area contributed by atoms with E-state index in [9.17, 15) is 0 Å². The van der Waals surface area contributed by atoms with Crippen molar-refractivity contribution in [1.29, 1.82) is 0 Å². The van der Waals surface area contributed by atoms with Crippen molar-refractivity contribution in [2.75, 3.05) is 5.73 Å². The van der Waals surface area contributed by atoms with E-state index < -0.39 is 0 Å². The summed E-state index contributed by atoms with van der Waals surface area (Å²) < 4.78 is 1.80. The van der Waals surface area contributed by atoms with Gasteiger partial charge in [-0.15, -0.1) is 0 Å². The first kappa shape index (κ1) is 10.1. The summed E-state index contributed by atoms with van der Waals surface area (Å²) >= 11 is 6.08. The Morgan fingerprint density at radius 1 is 1.12 bits per heavy atom. The van der Waals surface area contributed by atoms with Crippen molar-refractivity contribution in [3.63, 3.8) is 0 Å². The van der Waals surface area contributed by atoms with Crippen LogP contribution in [0.15, 0.2) is 42.6 Å². The summed E-state index contributed by atoms with van der Waals surface area (Å²) in [7, 11) is 0. The van der Waals surface area contributed by atoms with Gasteiger partial charge in [-0.1, -0.05) is 23.7 Å². The number of aromatic nitrogens is 3. The second-order valence-corrected chi connectivity index (χ2v) is 3.97. The lowest BCUT2D eigenvalue weighted by Gasteiger charge is -2.03. The van der Waals surface area contributed by atoms with E-state index in [1.165, 1.54) is 0 Å². The zero-order valence-corrected chi connectivity index (χ0v) is 9.59. The molecule has 0 spiro atoms. The molecule has 2 N–H and O–H groups in total. The number of halogens is 1. The summed E-state index contributed by atoms with van der Waals surface area (Å²) in [4.78, 5) is 8.56. The molecule has 4 nitrogen and oxygen atoms in total. The van der Waals surface area contributed by atoms with Gasteiger partial charge in [0, 0.05) is 6.20 Å². The van der Waals surface area contributed by atoms with Crippen molar-refractivity contribution in [3.05, 3.63) is 47.7 Å². The summed E-state index contributed by atoms with van der Waals surface area (Å²) in [6, 6.07) is 11.1. The molecule has 3 aromatic heterocycles. The number of imidazole rings is 1. The average Bonchev–Trinajstić information content (AvgIpc) is 2.70. The van der Waals surface area contributed by atoms with Crippen LogP contribution in [0.5, 0.6) is 0 Å². The van der Waals surface area contributed by atoms with Gasteiger partial charge in [-0.25, -0.2) is 4.98 Å². The zero-order chi connectivity index (χ0) is 11.8. The number of pyridine rings is 2. The Bertz CT molecular complexity index is 676. The molecule has 0 fully saturated rings. The molecular formula is C12H9ClN4. The summed E-state index contributed by atoms with van der Waals surface area (Å²) in [5.74, 6) is 1.24.